The average Bonchev–Trinajstić information content (AvgIpc) is 2.34. The number of rotatable bonds is 2. The number of aliphatic hydroxyl groups excluding tert-OH is 1. The Kier molecular flexibility index (Phi) is 2.92. The molecule has 0 spiro atoms. The van der Waals surface area contributed by atoms with Gasteiger partial charge in [0, 0.05) is 11.1 Å². The molecule has 0 radical (unpaired) electrons. The van der Waals surface area contributed by atoms with Gasteiger partial charge < -0.3 is 15.9 Å². The number of hydrogen-bond donors (Lipinski definition) is 4. The predicted octanol–water partition coefficient (Wildman–Crippen LogP) is 0.675. The quantitative estimate of drug-likeness (QED) is 0.582. The number of para-hydroxylation sites is 1. The van der Waals surface area contributed by atoms with Crippen LogP contribution in [0.1, 0.15) is 5.56 Å². The Hall–Kier alpha value is -2.89. The van der Waals surface area contributed by atoms with Gasteiger partial charge in [-0.15, -0.1) is 0 Å². The lowest BCUT2D eigenvalue weighted by Gasteiger charge is -2.16. The molecule has 6 heteroatoms. The average molecular weight is 258 g/mol. The lowest BCUT2D eigenvalue weighted by atomic mass is 9.90. The molecule has 0 unspecified atom stereocenters. The zero-order valence-electron chi connectivity index (χ0n) is 9.68. The van der Waals surface area contributed by atoms with Gasteiger partial charge in [-0.25, -0.2) is 0 Å². The number of amides is 1. The number of carbonyl (C=O) groups excluding carboxylic acids is 2. The lowest BCUT2D eigenvalue weighted by molar-refractivity contribution is -0.115. The summed E-state index contributed by atoms with van der Waals surface area (Å²) in [6.07, 6.45) is 0.985. The number of benzene rings is 1. The first kappa shape index (κ1) is 12.6. The van der Waals surface area contributed by atoms with Gasteiger partial charge >= 0.3 is 0 Å². The highest BCUT2D eigenvalue weighted by molar-refractivity contribution is 6.56. The number of phenols is 1. The standard InChI is InChI=1S/C13H10N2O4/c14-11-9(17)5-7(12(18)10(11)13(15)19)6-3-1-2-4-8(6)16/h1-5,14,16,18H,(H2,15,19). The van der Waals surface area contributed by atoms with E-state index < -0.39 is 28.7 Å². The molecule has 1 aliphatic carbocycles. The first-order valence-corrected chi connectivity index (χ1v) is 5.30. The largest absolute Gasteiger partial charge is 0.507 e. The number of aromatic hydroxyl groups is 1. The monoisotopic (exact) mass is 258 g/mol. The molecule has 0 saturated heterocycles. The minimum atomic E-state index is -1.07. The minimum Gasteiger partial charge on any atom is -0.507 e. The van der Waals surface area contributed by atoms with E-state index in [1.165, 1.54) is 12.1 Å². The maximum atomic E-state index is 11.6. The van der Waals surface area contributed by atoms with E-state index in [0.717, 1.165) is 6.08 Å². The van der Waals surface area contributed by atoms with E-state index >= 15 is 0 Å². The molecule has 0 fully saturated rings. The molecular weight excluding hydrogens is 248 g/mol. The number of phenolic OH excluding ortho intramolecular Hbond substituents is 1. The number of aliphatic hydroxyl groups is 1. The van der Waals surface area contributed by atoms with E-state index in [1.807, 2.05) is 0 Å². The van der Waals surface area contributed by atoms with Crippen LogP contribution in [-0.4, -0.2) is 27.6 Å². The first-order chi connectivity index (χ1) is 8.93. The van der Waals surface area contributed by atoms with Gasteiger partial charge in [0.2, 0.25) is 5.78 Å². The van der Waals surface area contributed by atoms with Crippen LogP contribution in [0.15, 0.2) is 41.7 Å². The molecule has 0 aromatic heterocycles. The fourth-order valence-corrected chi connectivity index (χ4v) is 1.79. The fraction of sp³-hybridized carbons (Fsp3) is 0. The van der Waals surface area contributed by atoms with Crippen molar-refractivity contribution in [2.45, 2.75) is 0 Å². The molecule has 0 saturated carbocycles. The Morgan fingerprint density at radius 1 is 1.21 bits per heavy atom. The second-order valence-electron chi connectivity index (χ2n) is 3.90. The first-order valence-electron chi connectivity index (χ1n) is 5.30. The van der Waals surface area contributed by atoms with Crippen LogP contribution < -0.4 is 5.73 Å². The van der Waals surface area contributed by atoms with Crippen molar-refractivity contribution in [2.75, 3.05) is 0 Å². The van der Waals surface area contributed by atoms with Gasteiger partial charge in [-0.1, -0.05) is 18.2 Å². The van der Waals surface area contributed by atoms with E-state index in [1.54, 1.807) is 12.1 Å². The summed E-state index contributed by atoms with van der Waals surface area (Å²) in [6, 6.07) is 6.01. The van der Waals surface area contributed by atoms with Crippen molar-refractivity contribution in [1.29, 1.82) is 5.41 Å². The van der Waals surface area contributed by atoms with Gasteiger partial charge in [0.15, 0.2) is 0 Å². The highest BCUT2D eigenvalue weighted by Gasteiger charge is 2.30. The Labute approximate surface area is 108 Å². The van der Waals surface area contributed by atoms with Crippen molar-refractivity contribution in [3.8, 4) is 5.75 Å². The van der Waals surface area contributed by atoms with Crippen molar-refractivity contribution >= 4 is 23.0 Å². The summed E-state index contributed by atoms with van der Waals surface area (Å²) in [6.45, 7) is 0. The molecule has 1 aromatic rings. The Bertz CT molecular complexity index is 671. The number of nitrogens with two attached hydrogens (primary N) is 1. The SMILES string of the molecule is N=C1C(=O)C=C(c2ccccc2O)C(O)=C1C(N)=O. The number of hydrogen-bond acceptors (Lipinski definition) is 5. The predicted molar refractivity (Wildman–Crippen MR) is 67.7 cm³/mol. The fourth-order valence-electron chi connectivity index (χ4n) is 1.79. The molecule has 1 aliphatic rings. The molecule has 1 amide bonds. The molecule has 6 nitrogen and oxygen atoms in total. The molecule has 0 bridgehead atoms. The number of ketones is 1. The van der Waals surface area contributed by atoms with Crippen LogP contribution in [0.3, 0.4) is 0 Å². The summed E-state index contributed by atoms with van der Waals surface area (Å²) >= 11 is 0. The van der Waals surface area contributed by atoms with E-state index in [9.17, 15) is 19.8 Å². The summed E-state index contributed by atoms with van der Waals surface area (Å²) in [4.78, 5) is 22.8. The van der Waals surface area contributed by atoms with Crippen molar-refractivity contribution in [2.24, 2.45) is 5.73 Å². The molecule has 19 heavy (non-hydrogen) atoms. The number of primary amides is 1. The summed E-state index contributed by atoms with van der Waals surface area (Å²) < 4.78 is 0. The van der Waals surface area contributed by atoms with Crippen LogP contribution in [-0.2, 0) is 9.59 Å². The molecular formula is C13H10N2O4. The van der Waals surface area contributed by atoms with Gasteiger partial charge in [-0.2, -0.15) is 0 Å². The number of allylic oxidation sites excluding steroid dienone is 2. The van der Waals surface area contributed by atoms with Crippen LogP contribution in [0.4, 0.5) is 0 Å². The summed E-state index contributed by atoms with van der Waals surface area (Å²) in [5.41, 5.74) is 3.98. The summed E-state index contributed by atoms with van der Waals surface area (Å²) in [7, 11) is 0. The third kappa shape index (κ3) is 1.99. The molecule has 5 N–H and O–H groups in total. The van der Waals surface area contributed by atoms with Crippen LogP contribution in [0.25, 0.3) is 5.57 Å². The second kappa shape index (κ2) is 4.41. The molecule has 0 aliphatic heterocycles. The van der Waals surface area contributed by atoms with Crippen molar-refractivity contribution in [3.05, 3.63) is 47.2 Å². The van der Waals surface area contributed by atoms with Crippen LogP contribution in [0.5, 0.6) is 5.75 Å². The smallest absolute Gasteiger partial charge is 0.254 e. The highest BCUT2D eigenvalue weighted by Crippen LogP contribution is 2.33. The van der Waals surface area contributed by atoms with Gasteiger partial charge in [0.1, 0.15) is 22.8 Å². The molecule has 1 aromatic carbocycles. The zero-order chi connectivity index (χ0) is 14.2. The number of nitrogens with one attached hydrogen (secondary N) is 1. The van der Waals surface area contributed by atoms with Gasteiger partial charge in [0.05, 0.1) is 0 Å². The molecule has 0 atom stereocenters. The van der Waals surface area contributed by atoms with E-state index in [2.05, 4.69) is 0 Å². The lowest BCUT2D eigenvalue weighted by Crippen LogP contribution is -2.29. The van der Waals surface area contributed by atoms with Crippen LogP contribution in [0.2, 0.25) is 0 Å². The topological polar surface area (TPSA) is 124 Å². The van der Waals surface area contributed by atoms with Crippen molar-refractivity contribution in [1.82, 2.24) is 0 Å². The van der Waals surface area contributed by atoms with Crippen molar-refractivity contribution < 1.29 is 19.8 Å². The minimum absolute atomic E-state index is 0.0344. The van der Waals surface area contributed by atoms with Gasteiger partial charge in [0.25, 0.3) is 5.91 Å². The maximum Gasteiger partial charge on any atom is 0.254 e. The molecule has 96 valence electrons. The normalized spacial score (nSPS) is 15.5. The summed E-state index contributed by atoms with van der Waals surface area (Å²) in [5, 5.41) is 27.1. The van der Waals surface area contributed by atoms with Gasteiger partial charge in [-0.05, 0) is 12.1 Å². The Balaban J connectivity index is 2.68. The third-order valence-electron chi connectivity index (χ3n) is 2.70. The van der Waals surface area contributed by atoms with E-state index in [4.69, 9.17) is 11.1 Å². The van der Waals surface area contributed by atoms with Crippen molar-refractivity contribution in [3.63, 3.8) is 0 Å². The Morgan fingerprint density at radius 3 is 2.42 bits per heavy atom. The zero-order valence-corrected chi connectivity index (χ0v) is 9.68. The van der Waals surface area contributed by atoms with Gasteiger partial charge in [-0.3, -0.25) is 15.0 Å². The van der Waals surface area contributed by atoms with E-state index in [0.29, 0.717) is 0 Å². The summed E-state index contributed by atoms with van der Waals surface area (Å²) in [5.74, 6) is -2.58. The Morgan fingerprint density at radius 2 is 1.84 bits per heavy atom. The van der Waals surface area contributed by atoms with E-state index in [-0.39, 0.29) is 16.9 Å². The highest BCUT2D eigenvalue weighted by atomic mass is 16.3. The van der Waals surface area contributed by atoms with Crippen LogP contribution in [0, 0.1) is 5.41 Å². The van der Waals surface area contributed by atoms with Crippen LogP contribution >= 0.6 is 0 Å². The second-order valence-corrected chi connectivity index (χ2v) is 3.90. The molecule has 0 heterocycles. The third-order valence-corrected chi connectivity index (χ3v) is 2.70. The number of carbonyl (C=O) groups is 2. The molecule has 2 rings (SSSR count). The maximum absolute atomic E-state index is 11.6.